The van der Waals surface area contributed by atoms with E-state index in [2.05, 4.69) is 0 Å². The average molecular weight is 335 g/mol. The van der Waals surface area contributed by atoms with E-state index in [1.807, 2.05) is 21.7 Å². The van der Waals surface area contributed by atoms with Crippen molar-refractivity contribution in [3.05, 3.63) is 52.5 Å². The standard InChI is InChI=1S/C17H18FNO3S/c18-14-1-3-15(4-2-14)22-11-16-10-19(6-7-21-16)17(20)9-13-5-8-23-12-13/h1-5,8,12,16H,6-7,9-11H2. The number of halogens is 1. The summed E-state index contributed by atoms with van der Waals surface area (Å²) in [5.41, 5.74) is 1.05. The molecule has 2 heterocycles. The Balaban J connectivity index is 1.49. The molecule has 122 valence electrons. The lowest BCUT2D eigenvalue weighted by molar-refractivity contribution is -0.139. The van der Waals surface area contributed by atoms with Gasteiger partial charge in [0.15, 0.2) is 0 Å². The maximum Gasteiger partial charge on any atom is 0.227 e. The average Bonchev–Trinajstić information content (AvgIpc) is 3.07. The first kappa shape index (κ1) is 16.0. The van der Waals surface area contributed by atoms with Crippen molar-refractivity contribution >= 4 is 17.2 Å². The van der Waals surface area contributed by atoms with Crippen LogP contribution in [-0.2, 0) is 16.0 Å². The molecule has 1 fully saturated rings. The largest absolute Gasteiger partial charge is 0.491 e. The SMILES string of the molecule is O=C(Cc1ccsc1)N1CCOC(COc2ccc(F)cc2)C1. The van der Waals surface area contributed by atoms with Crippen molar-refractivity contribution < 1.29 is 18.7 Å². The van der Waals surface area contributed by atoms with Crippen LogP contribution in [0.5, 0.6) is 5.75 Å². The number of rotatable bonds is 5. The van der Waals surface area contributed by atoms with Crippen LogP contribution in [-0.4, -0.2) is 43.2 Å². The van der Waals surface area contributed by atoms with Gasteiger partial charge in [-0.1, -0.05) is 0 Å². The normalized spacial score (nSPS) is 18.0. The Kier molecular flexibility index (Phi) is 5.25. The number of morpholine rings is 1. The molecule has 23 heavy (non-hydrogen) atoms. The van der Waals surface area contributed by atoms with Gasteiger partial charge in [0.25, 0.3) is 0 Å². The Morgan fingerprint density at radius 2 is 2.17 bits per heavy atom. The van der Waals surface area contributed by atoms with Gasteiger partial charge in [-0.05, 0) is 46.7 Å². The van der Waals surface area contributed by atoms with Gasteiger partial charge in [-0.15, -0.1) is 0 Å². The summed E-state index contributed by atoms with van der Waals surface area (Å²) >= 11 is 1.59. The second-order valence-electron chi connectivity index (χ2n) is 5.41. The highest BCUT2D eigenvalue weighted by molar-refractivity contribution is 7.07. The van der Waals surface area contributed by atoms with Gasteiger partial charge in [-0.2, -0.15) is 11.3 Å². The summed E-state index contributed by atoms with van der Waals surface area (Å²) in [7, 11) is 0. The Morgan fingerprint density at radius 3 is 2.91 bits per heavy atom. The van der Waals surface area contributed by atoms with Crippen LogP contribution in [0.25, 0.3) is 0 Å². The minimum absolute atomic E-state index is 0.110. The molecule has 0 bridgehead atoms. The maximum atomic E-state index is 12.9. The van der Waals surface area contributed by atoms with E-state index in [1.54, 1.807) is 23.5 Å². The van der Waals surface area contributed by atoms with E-state index in [0.717, 1.165) is 5.56 Å². The molecule has 1 aliphatic rings. The quantitative estimate of drug-likeness (QED) is 0.843. The van der Waals surface area contributed by atoms with E-state index < -0.39 is 0 Å². The molecule has 1 aliphatic heterocycles. The molecule has 6 heteroatoms. The van der Waals surface area contributed by atoms with Gasteiger partial charge in [0, 0.05) is 6.54 Å². The molecule has 0 aliphatic carbocycles. The Bertz CT molecular complexity index is 630. The molecule has 1 unspecified atom stereocenters. The van der Waals surface area contributed by atoms with Gasteiger partial charge in [-0.25, -0.2) is 4.39 Å². The van der Waals surface area contributed by atoms with Gasteiger partial charge >= 0.3 is 0 Å². The lowest BCUT2D eigenvalue weighted by atomic mass is 10.2. The van der Waals surface area contributed by atoms with E-state index in [-0.39, 0.29) is 17.8 Å². The molecule has 1 saturated heterocycles. The summed E-state index contributed by atoms with van der Waals surface area (Å²) in [6.07, 6.45) is 0.259. The van der Waals surface area contributed by atoms with Crippen LogP contribution < -0.4 is 4.74 Å². The van der Waals surface area contributed by atoms with Crippen LogP contribution in [0.3, 0.4) is 0 Å². The smallest absolute Gasteiger partial charge is 0.227 e. The third-order valence-corrected chi connectivity index (χ3v) is 4.41. The first-order chi connectivity index (χ1) is 11.2. The topological polar surface area (TPSA) is 38.8 Å². The molecule has 4 nitrogen and oxygen atoms in total. The molecular weight excluding hydrogens is 317 g/mol. The van der Waals surface area contributed by atoms with Crippen molar-refractivity contribution in [2.75, 3.05) is 26.3 Å². The van der Waals surface area contributed by atoms with Crippen molar-refractivity contribution in [1.29, 1.82) is 0 Å². The van der Waals surface area contributed by atoms with Crippen LogP contribution in [0.4, 0.5) is 4.39 Å². The number of benzene rings is 1. The molecule has 0 N–H and O–H groups in total. The highest BCUT2D eigenvalue weighted by Gasteiger charge is 2.24. The summed E-state index contributed by atoms with van der Waals surface area (Å²) < 4.78 is 24.1. The molecule has 0 saturated carbocycles. The summed E-state index contributed by atoms with van der Waals surface area (Å²) in [6.45, 7) is 1.97. The third kappa shape index (κ3) is 4.53. The van der Waals surface area contributed by atoms with Crippen molar-refractivity contribution in [2.24, 2.45) is 0 Å². The zero-order chi connectivity index (χ0) is 16.1. The minimum Gasteiger partial charge on any atom is -0.491 e. The van der Waals surface area contributed by atoms with Gasteiger partial charge in [0.1, 0.15) is 24.3 Å². The Labute approximate surface area is 138 Å². The summed E-state index contributed by atoms with van der Waals surface area (Å²) in [5.74, 6) is 0.409. The number of carbonyl (C=O) groups excluding carboxylic acids is 1. The van der Waals surface area contributed by atoms with Crippen molar-refractivity contribution in [3.8, 4) is 5.75 Å². The molecule has 3 rings (SSSR count). The second kappa shape index (κ2) is 7.57. The number of carbonyl (C=O) groups is 1. The summed E-state index contributed by atoms with van der Waals surface area (Å²) in [6, 6.07) is 7.84. The van der Waals surface area contributed by atoms with Gasteiger partial charge < -0.3 is 14.4 Å². The van der Waals surface area contributed by atoms with Crippen LogP contribution in [0.2, 0.25) is 0 Å². The van der Waals surface area contributed by atoms with Crippen molar-refractivity contribution in [3.63, 3.8) is 0 Å². The zero-order valence-corrected chi connectivity index (χ0v) is 13.4. The van der Waals surface area contributed by atoms with E-state index in [4.69, 9.17) is 9.47 Å². The van der Waals surface area contributed by atoms with Crippen LogP contribution in [0.15, 0.2) is 41.1 Å². The predicted molar refractivity (Wildman–Crippen MR) is 86.2 cm³/mol. The fraction of sp³-hybridized carbons (Fsp3) is 0.353. The molecular formula is C17H18FNO3S. The van der Waals surface area contributed by atoms with E-state index in [9.17, 15) is 9.18 Å². The molecule has 2 aromatic rings. The van der Waals surface area contributed by atoms with Crippen molar-refractivity contribution in [2.45, 2.75) is 12.5 Å². The predicted octanol–water partition coefficient (Wildman–Crippen LogP) is 2.74. The number of amides is 1. The fourth-order valence-electron chi connectivity index (χ4n) is 2.45. The highest BCUT2D eigenvalue weighted by atomic mass is 32.1. The number of ether oxygens (including phenoxy) is 2. The van der Waals surface area contributed by atoms with Gasteiger partial charge in [0.2, 0.25) is 5.91 Å². The van der Waals surface area contributed by atoms with Crippen molar-refractivity contribution in [1.82, 2.24) is 4.90 Å². The second-order valence-corrected chi connectivity index (χ2v) is 6.19. The third-order valence-electron chi connectivity index (χ3n) is 3.68. The molecule has 1 aromatic heterocycles. The summed E-state index contributed by atoms with van der Waals surface area (Å²) in [4.78, 5) is 14.1. The molecule has 0 spiro atoms. The van der Waals surface area contributed by atoms with Crippen LogP contribution >= 0.6 is 11.3 Å². The molecule has 1 amide bonds. The molecule has 1 atom stereocenters. The zero-order valence-electron chi connectivity index (χ0n) is 12.6. The number of hydrogen-bond donors (Lipinski definition) is 0. The summed E-state index contributed by atoms with van der Waals surface area (Å²) in [5, 5.41) is 3.97. The lowest BCUT2D eigenvalue weighted by Crippen LogP contribution is -2.48. The first-order valence-electron chi connectivity index (χ1n) is 7.49. The highest BCUT2D eigenvalue weighted by Crippen LogP contribution is 2.14. The molecule has 1 aromatic carbocycles. The maximum absolute atomic E-state index is 12.9. The minimum atomic E-state index is -0.295. The van der Waals surface area contributed by atoms with E-state index >= 15 is 0 Å². The van der Waals surface area contributed by atoms with E-state index in [1.165, 1.54) is 12.1 Å². The fourth-order valence-corrected chi connectivity index (χ4v) is 3.11. The first-order valence-corrected chi connectivity index (χ1v) is 8.44. The monoisotopic (exact) mass is 335 g/mol. The Morgan fingerprint density at radius 1 is 1.35 bits per heavy atom. The molecule has 0 radical (unpaired) electrons. The number of thiophene rings is 1. The van der Waals surface area contributed by atoms with Gasteiger partial charge in [-0.3, -0.25) is 4.79 Å². The number of hydrogen-bond acceptors (Lipinski definition) is 4. The number of nitrogens with zero attached hydrogens (tertiary/aromatic N) is 1. The van der Waals surface area contributed by atoms with Crippen LogP contribution in [0.1, 0.15) is 5.56 Å². The Hall–Kier alpha value is -1.92. The lowest BCUT2D eigenvalue weighted by Gasteiger charge is -2.32. The van der Waals surface area contributed by atoms with Gasteiger partial charge in [0.05, 0.1) is 19.6 Å². The van der Waals surface area contributed by atoms with Crippen LogP contribution in [0, 0.1) is 5.82 Å². The van der Waals surface area contributed by atoms with E-state index in [0.29, 0.717) is 38.5 Å².